The van der Waals surface area contributed by atoms with Crippen molar-refractivity contribution in [3.63, 3.8) is 0 Å². The molecule has 0 aromatic heterocycles. The number of aliphatic carboxylic acids is 1. The summed E-state index contributed by atoms with van der Waals surface area (Å²) in [5.74, 6) is -0.837. The van der Waals surface area contributed by atoms with Crippen molar-refractivity contribution in [3.05, 3.63) is 24.3 Å². The molecular weight excluding hydrogens is 196 g/mol. The summed E-state index contributed by atoms with van der Waals surface area (Å²) < 4.78 is 5.16. The molecule has 3 unspecified atom stereocenters. The van der Waals surface area contributed by atoms with Gasteiger partial charge in [-0.15, -0.1) is 0 Å². The van der Waals surface area contributed by atoms with Gasteiger partial charge in [0.25, 0.3) is 0 Å². The molecule has 80 valence electrons. The van der Waals surface area contributed by atoms with E-state index < -0.39 is 11.9 Å². The predicted octanol–water partition coefficient (Wildman–Crippen LogP) is 1.14. The van der Waals surface area contributed by atoms with Crippen LogP contribution in [-0.2, 0) is 14.3 Å². The van der Waals surface area contributed by atoms with E-state index in [-0.39, 0.29) is 6.10 Å². The van der Waals surface area contributed by atoms with E-state index in [2.05, 4.69) is 12.2 Å². The first-order chi connectivity index (χ1) is 7.15. The molecule has 1 fully saturated rings. The second-order valence-electron chi connectivity index (χ2n) is 3.93. The third kappa shape index (κ3) is 2.26. The van der Waals surface area contributed by atoms with Gasteiger partial charge in [0, 0.05) is 18.1 Å². The summed E-state index contributed by atoms with van der Waals surface area (Å²) >= 11 is 0. The molecule has 2 bridgehead atoms. The van der Waals surface area contributed by atoms with Gasteiger partial charge in [0.2, 0.25) is 0 Å². The minimum absolute atomic E-state index is 0.0639. The number of fused-ring (bicyclic) bond motifs is 2. The van der Waals surface area contributed by atoms with E-state index in [1.807, 2.05) is 0 Å². The summed E-state index contributed by atoms with van der Waals surface area (Å²) in [6.07, 6.45) is 7.85. The summed E-state index contributed by atoms with van der Waals surface area (Å²) in [6, 6.07) is 0. The molecule has 2 aliphatic carbocycles. The SMILES string of the molecule is O=C(O)/C=C/C(=O)OC1CC2C=CC1C2. The topological polar surface area (TPSA) is 63.6 Å². The standard InChI is InChI=1S/C11H12O4/c12-10(13)3-4-11(14)15-9-6-7-1-2-8(9)5-7/h1-4,7-9H,5-6H2,(H,12,13)/b4-3+. The van der Waals surface area contributed by atoms with E-state index in [9.17, 15) is 9.59 Å². The summed E-state index contributed by atoms with van der Waals surface area (Å²) in [6.45, 7) is 0. The number of hydrogen-bond acceptors (Lipinski definition) is 3. The van der Waals surface area contributed by atoms with Gasteiger partial charge in [-0.05, 0) is 18.8 Å². The fourth-order valence-corrected chi connectivity index (χ4v) is 2.19. The molecule has 0 spiro atoms. The van der Waals surface area contributed by atoms with Crippen molar-refractivity contribution in [2.24, 2.45) is 11.8 Å². The van der Waals surface area contributed by atoms with Crippen molar-refractivity contribution in [1.29, 1.82) is 0 Å². The molecule has 0 aliphatic heterocycles. The van der Waals surface area contributed by atoms with Gasteiger partial charge in [0.1, 0.15) is 6.10 Å². The molecule has 0 saturated heterocycles. The van der Waals surface area contributed by atoms with E-state index in [0.29, 0.717) is 11.8 Å². The Hall–Kier alpha value is -1.58. The molecule has 3 atom stereocenters. The monoisotopic (exact) mass is 208 g/mol. The number of carbonyl (C=O) groups excluding carboxylic acids is 1. The van der Waals surface area contributed by atoms with Gasteiger partial charge in [0.15, 0.2) is 0 Å². The van der Waals surface area contributed by atoms with Crippen LogP contribution in [0.15, 0.2) is 24.3 Å². The van der Waals surface area contributed by atoms with Crippen LogP contribution in [0.25, 0.3) is 0 Å². The van der Waals surface area contributed by atoms with Crippen LogP contribution in [0.1, 0.15) is 12.8 Å². The Morgan fingerprint density at radius 1 is 1.27 bits per heavy atom. The number of carboxylic acids is 1. The first kappa shape index (κ1) is 9.96. The van der Waals surface area contributed by atoms with Crippen molar-refractivity contribution in [1.82, 2.24) is 0 Å². The lowest BCUT2D eigenvalue weighted by Gasteiger charge is -2.17. The summed E-state index contributed by atoms with van der Waals surface area (Å²) in [4.78, 5) is 21.3. The normalized spacial score (nSPS) is 32.4. The minimum Gasteiger partial charge on any atom is -0.478 e. The zero-order chi connectivity index (χ0) is 10.8. The van der Waals surface area contributed by atoms with Gasteiger partial charge in [-0.25, -0.2) is 9.59 Å². The second kappa shape index (κ2) is 3.88. The number of ether oxygens (including phenoxy) is 1. The maximum Gasteiger partial charge on any atom is 0.331 e. The van der Waals surface area contributed by atoms with Gasteiger partial charge in [-0.3, -0.25) is 0 Å². The second-order valence-corrected chi connectivity index (χ2v) is 3.93. The Bertz CT molecular complexity index is 342. The van der Waals surface area contributed by atoms with Crippen LogP contribution < -0.4 is 0 Å². The zero-order valence-electron chi connectivity index (χ0n) is 8.13. The molecule has 15 heavy (non-hydrogen) atoms. The molecule has 1 saturated carbocycles. The van der Waals surface area contributed by atoms with Crippen LogP contribution in [0, 0.1) is 11.8 Å². The number of hydrogen-bond donors (Lipinski definition) is 1. The van der Waals surface area contributed by atoms with E-state index in [4.69, 9.17) is 9.84 Å². The Morgan fingerprint density at radius 3 is 2.60 bits per heavy atom. The molecule has 0 amide bonds. The van der Waals surface area contributed by atoms with E-state index in [1.54, 1.807) is 0 Å². The van der Waals surface area contributed by atoms with Gasteiger partial charge in [-0.1, -0.05) is 12.2 Å². The van der Waals surface area contributed by atoms with Crippen LogP contribution in [0.2, 0.25) is 0 Å². The number of carboxylic acid groups (broad SMARTS) is 1. The molecule has 4 nitrogen and oxygen atoms in total. The van der Waals surface area contributed by atoms with Crippen LogP contribution in [0.4, 0.5) is 0 Å². The molecule has 0 aromatic rings. The predicted molar refractivity (Wildman–Crippen MR) is 52.0 cm³/mol. The smallest absolute Gasteiger partial charge is 0.331 e. The molecule has 0 heterocycles. The van der Waals surface area contributed by atoms with Crippen molar-refractivity contribution in [3.8, 4) is 0 Å². The van der Waals surface area contributed by atoms with Crippen LogP contribution >= 0.6 is 0 Å². The molecule has 0 aromatic carbocycles. The largest absolute Gasteiger partial charge is 0.478 e. The van der Waals surface area contributed by atoms with E-state index in [1.165, 1.54) is 0 Å². The first-order valence-corrected chi connectivity index (χ1v) is 4.95. The lowest BCUT2D eigenvalue weighted by atomic mass is 10.0. The Balaban J connectivity index is 1.85. The molecule has 0 radical (unpaired) electrons. The quantitative estimate of drug-likeness (QED) is 0.429. The number of esters is 1. The maximum absolute atomic E-state index is 11.2. The third-order valence-corrected chi connectivity index (χ3v) is 2.85. The minimum atomic E-state index is -1.14. The fourth-order valence-electron chi connectivity index (χ4n) is 2.19. The number of carbonyl (C=O) groups is 2. The molecule has 2 rings (SSSR count). The summed E-state index contributed by atoms with van der Waals surface area (Å²) in [5.41, 5.74) is 0. The fraction of sp³-hybridized carbons (Fsp3) is 0.455. The van der Waals surface area contributed by atoms with Crippen LogP contribution in [-0.4, -0.2) is 23.1 Å². The average Bonchev–Trinajstić information content (AvgIpc) is 2.76. The summed E-state index contributed by atoms with van der Waals surface area (Å²) in [5, 5.41) is 8.32. The molecular formula is C11H12O4. The highest BCUT2D eigenvalue weighted by Gasteiger charge is 2.37. The Kier molecular flexibility index (Phi) is 2.58. The molecule has 2 aliphatic rings. The zero-order valence-corrected chi connectivity index (χ0v) is 8.13. The van der Waals surface area contributed by atoms with Crippen molar-refractivity contribution < 1.29 is 19.4 Å². The van der Waals surface area contributed by atoms with E-state index in [0.717, 1.165) is 25.0 Å². The van der Waals surface area contributed by atoms with Crippen LogP contribution in [0.3, 0.4) is 0 Å². The molecule has 4 heteroatoms. The highest BCUT2D eigenvalue weighted by molar-refractivity contribution is 5.90. The maximum atomic E-state index is 11.2. The summed E-state index contributed by atoms with van der Waals surface area (Å²) in [7, 11) is 0. The molecule has 1 N–H and O–H groups in total. The average molecular weight is 208 g/mol. The van der Waals surface area contributed by atoms with Gasteiger partial charge in [0.05, 0.1) is 0 Å². The highest BCUT2D eigenvalue weighted by atomic mass is 16.5. The lowest BCUT2D eigenvalue weighted by molar-refractivity contribution is -0.144. The van der Waals surface area contributed by atoms with Gasteiger partial charge >= 0.3 is 11.9 Å². The Labute approximate surface area is 87.2 Å². The first-order valence-electron chi connectivity index (χ1n) is 4.95. The third-order valence-electron chi connectivity index (χ3n) is 2.85. The Morgan fingerprint density at radius 2 is 2.07 bits per heavy atom. The highest BCUT2D eigenvalue weighted by Crippen LogP contribution is 2.40. The number of allylic oxidation sites excluding steroid dienone is 1. The van der Waals surface area contributed by atoms with Crippen LogP contribution in [0.5, 0.6) is 0 Å². The number of rotatable bonds is 3. The van der Waals surface area contributed by atoms with Crippen molar-refractivity contribution >= 4 is 11.9 Å². The van der Waals surface area contributed by atoms with E-state index >= 15 is 0 Å². The van der Waals surface area contributed by atoms with Gasteiger partial charge < -0.3 is 9.84 Å². The van der Waals surface area contributed by atoms with Gasteiger partial charge in [-0.2, -0.15) is 0 Å². The van der Waals surface area contributed by atoms with Crippen molar-refractivity contribution in [2.45, 2.75) is 18.9 Å². The van der Waals surface area contributed by atoms with Crippen molar-refractivity contribution in [2.75, 3.05) is 0 Å². The lowest BCUT2D eigenvalue weighted by Crippen LogP contribution is -2.21.